The Kier molecular flexibility index (Phi) is 6.36. The number of pyridine rings is 1. The molecule has 0 unspecified atom stereocenters. The van der Waals surface area contributed by atoms with Crippen molar-refractivity contribution < 1.29 is 29.6 Å². The first kappa shape index (κ1) is 29.1. The number of benzene rings is 1. The Balaban J connectivity index is 0.000000288. The summed E-state index contributed by atoms with van der Waals surface area (Å²) in [5.74, 6) is 0.861. The number of piperidine rings is 1. The fraction of sp³-hybridized carbons (Fsp3) is 0.657. The molecule has 3 heterocycles. The van der Waals surface area contributed by atoms with Gasteiger partial charge in [0.1, 0.15) is 11.7 Å². The maximum atomic E-state index is 12.2. The van der Waals surface area contributed by atoms with E-state index in [1.54, 1.807) is 6.07 Å². The van der Waals surface area contributed by atoms with E-state index in [0.29, 0.717) is 11.8 Å². The van der Waals surface area contributed by atoms with E-state index in [2.05, 4.69) is 36.7 Å². The number of phenols is 1. The molecule has 3 N–H and O–H groups in total. The number of aromatic hydroxyl groups is 1. The van der Waals surface area contributed by atoms with Crippen molar-refractivity contribution in [3.05, 3.63) is 53.3 Å². The SMILES string of the molecule is CO[C@@]12CC[C@@]3(C[C@@H]1[C@](C)(O)C(C)(C)C)[C@H]1Cc4ccc(O)c5c4[C@@]3(CCN1CC1CC1)[C@H]2O5.O=C(O)c1cccnc1. The highest BCUT2D eigenvalue weighted by Gasteiger charge is 2.82. The van der Waals surface area contributed by atoms with Gasteiger partial charge in [0.25, 0.3) is 0 Å². The molecule has 7 aliphatic rings. The number of carboxylic acids is 1. The number of aromatic nitrogens is 1. The zero-order chi connectivity index (χ0) is 30.6. The lowest BCUT2D eigenvalue weighted by molar-refractivity contribution is -0.312. The average Bonchev–Trinajstić information content (AvgIpc) is 3.72. The number of hydrogen-bond donors (Lipinski definition) is 3. The Morgan fingerprint density at radius 1 is 1.16 bits per heavy atom. The normalized spacial score (nSPS) is 36.6. The first-order chi connectivity index (χ1) is 20.3. The molecule has 0 radical (unpaired) electrons. The molecule has 0 amide bonds. The van der Waals surface area contributed by atoms with Gasteiger partial charge in [0.2, 0.25) is 0 Å². The quantitative estimate of drug-likeness (QED) is 0.436. The van der Waals surface area contributed by atoms with Gasteiger partial charge in [-0.15, -0.1) is 0 Å². The zero-order valence-electron chi connectivity index (χ0n) is 26.1. The van der Waals surface area contributed by atoms with Crippen LogP contribution in [-0.4, -0.2) is 74.7 Å². The van der Waals surface area contributed by atoms with Crippen LogP contribution in [0.2, 0.25) is 0 Å². The number of ether oxygens (including phenoxy) is 2. The van der Waals surface area contributed by atoms with Gasteiger partial charge in [-0.3, -0.25) is 9.88 Å². The van der Waals surface area contributed by atoms with Gasteiger partial charge < -0.3 is 24.8 Å². The highest BCUT2D eigenvalue weighted by molar-refractivity contribution is 5.86. The van der Waals surface area contributed by atoms with Crippen LogP contribution in [0.4, 0.5) is 0 Å². The Labute approximate surface area is 254 Å². The predicted molar refractivity (Wildman–Crippen MR) is 161 cm³/mol. The summed E-state index contributed by atoms with van der Waals surface area (Å²) in [7, 11) is 1.83. The van der Waals surface area contributed by atoms with Crippen LogP contribution in [-0.2, 0) is 16.6 Å². The summed E-state index contributed by atoms with van der Waals surface area (Å²) in [6.07, 6.45) is 10.5. The van der Waals surface area contributed by atoms with E-state index in [4.69, 9.17) is 14.6 Å². The van der Waals surface area contributed by atoms with E-state index in [0.717, 1.165) is 44.6 Å². The van der Waals surface area contributed by atoms with E-state index in [9.17, 15) is 15.0 Å². The van der Waals surface area contributed by atoms with Gasteiger partial charge in [-0.05, 0) is 93.5 Å². The Morgan fingerprint density at radius 2 is 1.93 bits per heavy atom. The molecule has 1 aromatic heterocycles. The van der Waals surface area contributed by atoms with Crippen LogP contribution in [0, 0.1) is 22.7 Å². The lowest BCUT2D eigenvalue weighted by Gasteiger charge is -2.75. The molecule has 1 saturated heterocycles. The summed E-state index contributed by atoms with van der Waals surface area (Å²) in [4.78, 5) is 16.6. The fourth-order valence-corrected chi connectivity index (χ4v) is 10.1. The molecular formula is C35H46N2O6. The van der Waals surface area contributed by atoms with Crippen molar-refractivity contribution in [2.45, 2.75) is 101 Å². The van der Waals surface area contributed by atoms with Gasteiger partial charge in [0.05, 0.1) is 11.2 Å². The van der Waals surface area contributed by atoms with Gasteiger partial charge in [-0.1, -0.05) is 26.8 Å². The predicted octanol–water partition coefficient (Wildman–Crippen LogP) is 5.19. The Bertz CT molecular complexity index is 1430. The van der Waals surface area contributed by atoms with Crippen molar-refractivity contribution in [2.75, 3.05) is 20.2 Å². The first-order valence-corrected chi connectivity index (χ1v) is 16.0. The highest BCUT2D eigenvalue weighted by Crippen LogP contribution is 2.78. The van der Waals surface area contributed by atoms with Crippen molar-refractivity contribution >= 4 is 5.97 Å². The van der Waals surface area contributed by atoms with Crippen LogP contribution in [0.1, 0.15) is 87.7 Å². The molecule has 43 heavy (non-hydrogen) atoms. The molecule has 5 fully saturated rings. The Hall–Kier alpha value is -2.68. The number of rotatable bonds is 5. The minimum Gasteiger partial charge on any atom is -0.504 e. The number of hydrogen-bond acceptors (Lipinski definition) is 7. The fourth-order valence-electron chi connectivity index (χ4n) is 10.1. The molecule has 4 bridgehead atoms. The minimum atomic E-state index is -0.942. The molecule has 5 aliphatic carbocycles. The first-order valence-electron chi connectivity index (χ1n) is 16.0. The second kappa shape index (κ2) is 9.41. The number of fused-ring (bicyclic) bond motifs is 2. The molecule has 8 nitrogen and oxygen atoms in total. The average molecular weight is 591 g/mol. The maximum absolute atomic E-state index is 12.2. The number of aromatic carboxylic acids is 1. The number of carboxylic acid groups (broad SMARTS) is 1. The summed E-state index contributed by atoms with van der Waals surface area (Å²) in [6, 6.07) is 7.54. The molecule has 2 aliphatic heterocycles. The molecule has 7 atom stereocenters. The summed E-state index contributed by atoms with van der Waals surface area (Å²) in [5.41, 5.74) is 1.00. The summed E-state index contributed by atoms with van der Waals surface area (Å²) in [6.45, 7) is 10.8. The number of likely N-dealkylation sites (tertiary alicyclic amines) is 1. The van der Waals surface area contributed by atoms with Crippen LogP contribution < -0.4 is 4.74 Å². The highest BCUT2D eigenvalue weighted by atomic mass is 16.6. The third kappa shape index (κ3) is 3.78. The molecule has 4 saturated carbocycles. The smallest absolute Gasteiger partial charge is 0.337 e. The van der Waals surface area contributed by atoms with Crippen molar-refractivity contribution in [3.8, 4) is 11.5 Å². The van der Waals surface area contributed by atoms with E-state index in [1.165, 1.54) is 49.0 Å². The van der Waals surface area contributed by atoms with E-state index in [1.807, 2.05) is 20.1 Å². The lowest BCUT2D eigenvalue weighted by atomic mass is 9.33. The molecule has 1 aromatic carbocycles. The van der Waals surface area contributed by atoms with Crippen molar-refractivity contribution in [1.29, 1.82) is 0 Å². The molecular weight excluding hydrogens is 544 g/mol. The third-order valence-corrected chi connectivity index (χ3v) is 12.8. The second-order valence-electron chi connectivity index (χ2n) is 15.3. The van der Waals surface area contributed by atoms with Crippen molar-refractivity contribution in [1.82, 2.24) is 9.88 Å². The van der Waals surface area contributed by atoms with Gasteiger partial charge in [0.15, 0.2) is 11.5 Å². The standard InChI is InChI=1S/C29H41NO4.C6H5NO2/c1-25(2,3)26(4,32)20-15-27-10-11-29(20,33-5)24-28(27)12-13-30(16-17-6-7-17)21(27)14-18-8-9-19(31)23(34-24)22(18)28;8-6(9)5-2-1-3-7-4-5/h8-9,17,20-21,24,31-32H,6-7,10-16H2,1-5H3;1-4H,(H,8,9)/t20-,21-,24-,26+,27-,28+,29+;/m1./s1. The molecule has 9 rings (SSSR count). The number of phenolic OH excluding ortho intramolecular Hbond substituents is 1. The molecule has 8 heteroatoms. The topological polar surface area (TPSA) is 112 Å². The number of methoxy groups -OCH3 is 1. The monoisotopic (exact) mass is 590 g/mol. The molecule has 2 spiro atoms. The van der Waals surface area contributed by atoms with E-state index < -0.39 is 17.2 Å². The molecule has 232 valence electrons. The lowest BCUT2D eigenvalue weighted by Crippen LogP contribution is -2.83. The summed E-state index contributed by atoms with van der Waals surface area (Å²) >= 11 is 0. The van der Waals surface area contributed by atoms with E-state index >= 15 is 0 Å². The number of aliphatic hydroxyl groups is 1. The summed E-state index contributed by atoms with van der Waals surface area (Å²) < 4.78 is 13.5. The van der Waals surface area contributed by atoms with Crippen molar-refractivity contribution in [2.24, 2.45) is 22.7 Å². The van der Waals surface area contributed by atoms with Gasteiger partial charge in [-0.25, -0.2) is 4.79 Å². The minimum absolute atomic E-state index is 0.0294. The van der Waals surface area contributed by atoms with Gasteiger partial charge >= 0.3 is 5.97 Å². The van der Waals surface area contributed by atoms with Crippen molar-refractivity contribution in [3.63, 3.8) is 0 Å². The Morgan fingerprint density at radius 3 is 2.53 bits per heavy atom. The van der Waals surface area contributed by atoms with Crippen LogP contribution in [0.15, 0.2) is 36.7 Å². The number of carbonyl (C=O) groups is 1. The van der Waals surface area contributed by atoms with Gasteiger partial charge in [0, 0.05) is 54.4 Å². The number of nitrogens with zero attached hydrogens (tertiary/aromatic N) is 2. The van der Waals surface area contributed by atoms with Crippen LogP contribution in [0.3, 0.4) is 0 Å². The van der Waals surface area contributed by atoms with E-state index in [-0.39, 0.29) is 39.6 Å². The molecule has 2 aromatic rings. The summed E-state index contributed by atoms with van der Waals surface area (Å²) in [5, 5.41) is 31.5. The zero-order valence-corrected chi connectivity index (χ0v) is 26.1. The van der Waals surface area contributed by atoms with Crippen LogP contribution >= 0.6 is 0 Å². The third-order valence-electron chi connectivity index (χ3n) is 12.8. The maximum Gasteiger partial charge on any atom is 0.337 e. The van der Waals surface area contributed by atoms with Crippen LogP contribution in [0.25, 0.3) is 0 Å². The van der Waals surface area contributed by atoms with Crippen LogP contribution in [0.5, 0.6) is 11.5 Å². The second-order valence-corrected chi connectivity index (χ2v) is 15.3. The van der Waals surface area contributed by atoms with Gasteiger partial charge in [-0.2, -0.15) is 0 Å². The largest absolute Gasteiger partial charge is 0.504 e.